The second kappa shape index (κ2) is 5.32. The van der Waals surface area contributed by atoms with Gasteiger partial charge in [0.1, 0.15) is 5.82 Å². The van der Waals surface area contributed by atoms with Crippen LogP contribution >= 0.6 is 23.2 Å². The van der Waals surface area contributed by atoms with E-state index in [0.717, 1.165) is 0 Å². The maximum atomic E-state index is 13.5. The number of halogens is 3. The van der Waals surface area contributed by atoms with Gasteiger partial charge in [-0.05, 0) is 29.8 Å². The number of anilines is 2. The predicted molar refractivity (Wildman–Crippen MR) is 66.1 cm³/mol. The van der Waals surface area contributed by atoms with Crippen molar-refractivity contribution in [3.05, 3.63) is 34.3 Å². The summed E-state index contributed by atoms with van der Waals surface area (Å²) in [7, 11) is 1.38. The standard InChI is InChI=1S/C10H7Cl2FN4O/c1-18-10-16-8(12)15-9(17-10)14-7-4-5(11)2-3-6(7)13/h2-4H,1H3,(H,14,15,16,17). The number of hydrogen-bond acceptors (Lipinski definition) is 5. The van der Waals surface area contributed by atoms with E-state index in [2.05, 4.69) is 20.3 Å². The summed E-state index contributed by atoms with van der Waals surface area (Å²) in [6, 6.07) is 4.09. The third kappa shape index (κ3) is 2.96. The lowest BCUT2D eigenvalue weighted by molar-refractivity contribution is 0.379. The molecule has 1 aromatic heterocycles. The van der Waals surface area contributed by atoms with E-state index < -0.39 is 5.82 Å². The third-order valence-electron chi connectivity index (χ3n) is 1.95. The van der Waals surface area contributed by atoms with Gasteiger partial charge in [0.15, 0.2) is 0 Å². The summed E-state index contributed by atoms with van der Waals surface area (Å²) >= 11 is 11.4. The van der Waals surface area contributed by atoms with Crippen molar-refractivity contribution in [1.29, 1.82) is 0 Å². The summed E-state index contributed by atoms with van der Waals surface area (Å²) < 4.78 is 18.3. The van der Waals surface area contributed by atoms with Crippen LogP contribution in [0.25, 0.3) is 0 Å². The largest absolute Gasteiger partial charge is 0.467 e. The Kier molecular flexibility index (Phi) is 3.78. The Morgan fingerprint density at radius 1 is 1.22 bits per heavy atom. The van der Waals surface area contributed by atoms with Crippen molar-refractivity contribution >= 4 is 34.8 Å². The van der Waals surface area contributed by atoms with Crippen molar-refractivity contribution in [3.8, 4) is 6.01 Å². The van der Waals surface area contributed by atoms with Crippen molar-refractivity contribution in [2.45, 2.75) is 0 Å². The molecule has 0 spiro atoms. The molecule has 0 amide bonds. The van der Waals surface area contributed by atoms with Crippen LogP contribution in [0.4, 0.5) is 16.0 Å². The van der Waals surface area contributed by atoms with Crippen LogP contribution in [0.2, 0.25) is 10.3 Å². The molecule has 0 bridgehead atoms. The summed E-state index contributed by atoms with van der Waals surface area (Å²) in [5.74, 6) is -0.428. The van der Waals surface area contributed by atoms with Gasteiger partial charge in [-0.15, -0.1) is 0 Å². The van der Waals surface area contributed by atoms with Gasteiger partial charge in [-0.1, -0.05) is 11.6 Å². The van der Waals surface area contributed by atoms with Crippen LogP contribution in [0, 0.1) is 5.82 Å². The molecule has 0 aliphatic carbocycles. The average molecular weight is 289 g/mol. The first-order chi connectivity index (χ1) is 8.58. The molecule has 94 valence electrons. The molecule has 2 rings (SSSR count). The minimum absolute atomic E-state index is 0.0277. The summed E-state index contributed by atoms with van der Waals surface area (Å²) in [4.78, 5) is 11.4. The number of rotatable bonds is 3. The van der Waals surface area contributed by atoms with Crippen LogP contribution in [0.3, 0.4) is 0 Å². The van der Waals surface area contributed by atoms with Gasteiger partial charge in [0.25, 0.3) is 0 Å². The fourth-order valence-electron chi connectivity index (χ4n) is 1.19. The lowest BCUT2D eigenvalue weighted by atomic mass is 10.3. The molecule has 0 unspecified atom stereocenters. The number of hydrogen-bond donors (Lipinski definition) is 1. The molecule has 5 nitrogen and oxygen atoms in total. The number of ether oxygens (including phenoxy) is 1. The average Bonchev–Trinajstić information content (AvgIpc) is 2.33. The highest BCUT2D eigenvalue weighted by atomic mass is 35.5. The van der Waals surface area contributed by atoms with Gasteiger partial charge in [-0.2, -0.15) is 15.0 Å². The molecule has 0 saturated heterocycles. The Morgan fingerprint density at radius 2 is 2.00 bits per heavy atom. The Bertz CT molecular complexity index is 582. The molecular weight excluding hydrogens is 282 g/mol. The number of nitrogens with one attached hydrogen (secondary N) is 1. The van der Waals surface area contributed by atoms with E-state index in [1.54, 1.807) is 0 Å². The molecule has 0 fully saturated rings. The number of nitrogens with zero attached hydrogens (tertiary/aromatic N) is 3. The van der Waals surface area contributed by atoms with Crippen LogP contribution in [0.5, 0.6) is 6.01 Å². The quantitative estimate of drug-likeness (QED) is 0.941. The molecule has 1 N–H and O–H groups in total. The van der Waals surface area contributed by atoms with E-state index in [0.29, 0.717) is 5.02 Å². The van der Waals surface area contributed by atoms with E-state index in [9.17, 15) is 4.39 Å². The number of methoxy groups -OCH3 is 1. The second-order valence-corrected chi connectivity index (χ2v) is 3.94. The smallest absolute Gasteiger partial charge is 0.322 e. The van der Waals surface area contributed by atoms with Crippen LogP contribution in [-0.4, -0.2) is 22.1 Å². The van der Waals surface area contributed by atoms with Gasteiger partial charge < -0.3 is 10.1 Å². The number of benzene rings is 1. The molecule has 18 heavy (non-hydrogen) atoms. The molecule has 0 radical (unpaired) electrons. The van der Waals surface area contributed by atoms with E-state index in [1.807, 2.05) is 0 Å². The zero-order valence-corrected chi connectivity index (χ0v) is 10.6. The first-order valence-corrected chi connectivity index (χ1v) is 5.51. The topological polar surface area (TPSA) is 59.9 Å². The molecule has 8 heteroatoms. The maximum absolute atomic E-state index is 13.5. The summed E-state index contributed by atoms with van der Waals surface area (Å²) in [5.41, 5.74) is 0.131. The van der Waals surface area contributed by atoms with Crippen molar-refractivity contribution in [2.75, 3.05) is 12.4 Å². The second-order valence-electron chi connectivity index (χ2n) is 3.16. The summed E-state index contributed by atoms with van der Waals surface area (Å²) in [6.45, 7) is 0. The molecule has 0 saturated carbocycles. The fraction of sp³-hybridized carbons (Fsp3) is 0.100. The highest BCUT2D eigenvalue weighted by Gasteiger charge is 2.08. The minimum atomic E-state index is -0.491. The first kappa shape index (κ1) is 12.8. The molecule has 1 aromatic carbocycles. The molecule has 0 atom stereocenters. The molecule has 2 aromatic rings. The number of aromatic nitrogens is 3. The van der Waals surface area contributed by atoms with Gasteiger partial charge >= 0.3 is 6.01 Å². The van der Waals surface area contributed by atoms with Gasteiger partial charge in [-0.3, -0.25) is 0 Å². The Morgan fingerprint density at radius 3 is 2.72 bits per heavy atom. The van der Waals surface area contributed by atoms with Crippen LogP contribution in [0.15, 0.2) is 18.2 Å². The van der Waals surface area contributed by atoms with E-state index >= 15 is 0 Å². The molecule has 0 aliphatic rings. The van der Waals surface area contributed by atoms with Crippen LogP contribution in [0.1, 0.15) is 0 Å². The van der Waals surface area contributed by atoms with Gasteiger partial charge in [-0.25, -0.2) is 4.39 Å². The van der Waals surface area contributed by atoms with Crippen molar-refractivity contribution in [2.24, 2.45) is 0 Å². The highest BCUT2D eigenvalue weighted by Crippen LogP contribution is 2.23. The summed E-state index contributed by atoms with van der Waals surface area (Å²) in [6.07, 6.45) is 0. The Hall–Kier alpha value is -1.66. The SMILES string of the molecule is COc1nc(Cl)nc(Nc2cc(Cl)ccc2F)n1. The summed E-state index contributed by atoms with van der Waals surface area (Å²) in [5, 5.41) is 2.96. The lowest BCUT2D eigenvalue weighted by Gasteiger charge is -2.07. The van der Waals surface area contributed by atoms with Crippen molar-refractivity contribution in [3.63, 3.8) is 0 Å². The lowest BCUT2D eigenvalue weighted by Crippen LogP contribution is -2.02. The molecular formula is C10H7Cl2FN4O. The normalized spacial score (nSPS) is 10.2. The van der Waals surface area contributed by atoms with Crippen LogP contribution in [-0.2, 0) is 0 Å². The van der Waals surface area contributed by atoms with Crippen LogP contribution < -0.4 is 10.1 Å². The minimum Gasteiger partial charge on any atom is -0.467 e. The highest BCUT2D eigenvalue weighted by molar-refractivity contribution is 6.30. The van der Waals surface area contributed by atoms with Gasteiger partial charge in [0.05, 0.1) is 12.8 Å². The molecule has 0 aliphatic heterocycles. The van der Waals surface area contributed by atoms with Gasteiger partial charge in [0, 0.05) is 5.02 Å². The van der Waals surface area contributed by atoms with Crippen molar-refractivity contribution in [1.82, 2.24) is 15.0 Å². The maximum Gasteiger partial charge on any atom is 0.322 e. The zero-order valence-electron chi connectivity index (χ0n) is 9.12. The zero-order chi connectivity index (χ0) is 13.1. The monoisotopic (exact) mass is 288 g/mol. The predicted octanol–water partition coefficient (Wildman–Crippen LogP) is 3.07. The first-order valence-electron chi connectivity index (χ1n) is 4.76. The third-order valence-corrected chi connectivity index (χ3v) is 2.35. The Balaban J connectivity index is 2.33. The van der Waals surface area contributed by atoms with E-state index in [-0.39, 0.29) is 22.9 Å². The van der Waals surface area contributed by atoms with Gasteiger partial charge in [0.2, 0.25) is 11.2 Å². The van der Waals surface area contributed by atoms with Crippen molar-refractivity contribution < 1.29 is 9.13 Å². The van der Waals surface area contributed by atoms with E-state index in [1.165, 1.54) is 25.3 Å². The fourth-order valence-corrected chi connectivity index (χ4v) is 1.52. The van der Waals surface area contributed by atoms with E-state index in [4.69, 9.17) is 27.9 Å². The Labute approximate surface area is 112 Å². The molecule has 1 heterocycles.